The van der Waals surface area contributed by atoms with Crippen LogP contribution in [0.2, 0.25) is 0 Å². The van der Waals surface area contributed by atoms with Crippen LogP contribution in [0.25, 0.3) is 0 Å². The molecule has 0 aliphatic carbocycles. The van der Waals surface area contributed by atoms with Crippen LogP contribution in [0.3, 0.4) is 0 Å². The Morgan fingerprint density at radius 1 is 0.800 bits per heavy atom. The predicted molar refractivity (Wildman–Crippen MR) is 80.0 cm³/mol. The van der Waals surface area contributed by atoms with E-state index >= 15 is 0 Å². The van der Waals surface area contributed by atoms with Crippen molar-refractivity contribution in [1.29, 1.82) is 0 Å². The number of hydrogen-bond acceptors (Lipinski definition) is 2. The van der Waals surface area contributed by atoms with Crippen LogP contribution in [0.1, 0.15) is 64.7 Å². The molecule has 0 rings (SSSR count). The van der Waals surface area contributed by atoms with E-state index in [1.807, 2.05) is 0 Å². The van der Waals surface area contributed by atoms with E-state index < -0.39 is 27.0 Å². The van der Waals surface area contributed by atoms with E-state index in [-0.39, 0.29) is 6.42 Å². The first-order valence-electron chi connectivity index (χ1n) is 7.26. The first-order chi connectivity index (χ1) is 9.17. The van der Waals surface area contributed by atoms with Gasteiger partial charge in [-0.3, -0.25) is 9.13 Å². The van der Waals surface area contributed by atoms with Gasteiger partial charge in [0.15, 0.2) is 0 Å². The summed E-state index contributed by atoms with van der Waals surface area (Å²) in [6.07, 6.45) is 7.85. The van der Waals surface area contributed by atoms with Crippen LogP contribution >= 0.6 is 15.2 Å². The quantitative estimate of drug-likeness (QED) is 0.322. The van der Waals surface area contributed by atoms with E-state index in [0.29, 0.717) is 6.42 Å². The van der Waals surface area contributed by atoms with Crippen LogP contribution in [-0.4, -0.2) is 31.4 Å². The van der Waals surface area contributed by atoms with E-state index in [1.54, 1.807) is 0 Å². The Morgan fingerprint density at radius 3 is 1.65 bits per heavy atom. The molecule has 1 unspecified atom stereocenters. The van der Waals surface area contributed by atoms with Gasteiger partial charge in [-0.15, -0.1) is 0 Å². The number of unbranched alkanes of at least 4 members (excludes halogenated alkanes) is 7. The molecule has 6 nitrogen and oxygen atoms in total. The summed E-state index contributed by atoms with van der Waals surface area (Å²) in [7, 11) is -8.82. The first kappa shape index (κ1) is 20.3. The lowest BCUT2D eigenvalue weighted by molar-refractivity contribution is 0.341. The average molecular weight is 330 g/mol. The second-order valence-electron chi connectivity index (χ2n) is 5.35. The highest BCUT2D eigenvalue weighted by atomic mass is 31.2. The maximum absolute atomic E-state index is 11.2. The van der Waals surface area contributed by atoms with Gasteiger partial charge in [-0.1, -0.05) is 58.3 Å². The lowest BCUT2D eigenvalue weighted by Gasteiger charge is -2.18. The zero-order valence-corrected chi connectivity index (χ0v) is 13.9. The second kappa shape index (κ2) is 10.1. The maximum Gasteiger partial charge on any atom is 0.329 e. The Labute approximate surface area is 121 Å². The molecule has 0 heterocycles. The molecule has 0 bridgehead atoms. The van der Waals surface area contributed by atoms with Crippen molar-refractivity contribution in [3.8, 4) is 0 Å². The third-order valence-corrected chi connectivity index (χ3v) is 5.91. The number of rotatable bonds is 12. The van der Waals surface area contributed by atoms with E-state index in [1.165, 1.54) is 25.7 Å². The molecule has 0 fully saturated rings. The van der Waals surface area contributed by atoms with E-state index in [0.717, 1.165) is 19.3 Å². The van der Waals surface area contributed by atoms with Crippen LogP contribution in [0.4, 0.5) is 0 Å². The summed E-state index contributed by atoms with van der Waals surface area (Å²) in [4.78, 5) is 35.9. The van der Waals surface area contributed by atoms with Gasteiger partial charge in [0.25, 0.3) is 0 Å². The smallest absolute Gasteiger partial charge is 0.324 e. The fraction of sp³-hybridized carbons (Fsp3) is 1.00. The molecule has 122 valence electrons. The Morgan fingerprint density at radius 2 is 1.25 bits per heavy atom. The Balaban J connectivity index is 3.87. The van der Waals surface area contributed by atoms with E-state index in [9.17, 15) is 9.13 Å². The SMILES string of the molecule is CCCCCCCCCCC(CP(=O)(O)O)P(=O)(O)O. The van der Waals surface area contributed by atoms with Crippen LogP contribution < -0.4 is 0 Å². The van der Waals surface area contributed by atoms with Crippen molar-refractivity contribution in [2.75, 3.05) is 6.16 Å². The molecular formula is C12H28O6P2. The van der Waals surface area contributed by atoms with Crippen LogP contribution in [0.5, 0.6) is 0 Å². The van der Waals surface area contributed by atoms with Gasteiger partial charge in [0.2, 0.25) is 0 Å². The van der Waals surface area contributed by atoms with Crippen molar-refractivity contribution in [2.45, 2.75) is 70.4 Å². The normalized spacial score (nSPS) is 14.4. The Hall–Kier alpha value is 0.300. The van der Waals surface area contributed by atoms with Gasteiger partial charge < -0.3 is 19.6 Å². The summed E-state index contributed by atoms with van der Waals surface area (Å²) >= 11 is 0. The van der Waals surface area contributed by atoms with Crippen molar-refractivity contribution >= 4 is 15.2 Å². The van der Waals surface area contributed by atoms with Gasteiger partial charge in [-0.2, -0.15) is 0 Å². The molecule has 8 heteroatoms. The minimum Gasteiger partial charge on any atom is -0.324 e. The lowest BCUT2D eigenvalue weighted by Crippen LogP contribution is -2.14. The Kier molecular flexibility index (Phi) is 10.2. The van der Waals surface area contributed by atoms with Crippen LogP contribution in [0.15, 0.2) is 0 Å². The molecule has 0 aromatic heterocycles. The molecule has 20 heavy (non-hydrogen) atoms. The third-order valence-electron chi connectivity index (χ3n) is 3.32. The monoisotopic (exact) mass is 330 g/mol. The summed E-state index contributed by atoms with van der Waals surface area (Å²) in [5.74, 6) is 0. The molecule has 0 aromatic rings. The molecule has 0 aliphatic heterocycles. The van der Waals surface area contributed by atoms with E-state index in [2.05, 4.69) is 6.92 Å². The van der Waals surface area contributed by atoms with Gasteiger partial charge in [-0.25, -0.2) is 0 Å². The minimum atomic E-state index is -4.43. The standard InChI is InChI=1S/C12H28O6P2/c1-2-3-4-5-6-7-8-9-10-12(20(16,17)18)11-19(13,14)15/h12H,2-11H2,1H3,(H2,13,14,15)(H2,16,17,18). The summed E-state index contributed by atoms with van der Waals surface area (Å²) < 4.78 is 22.1. The van der Waals surface area contributed by atoms with Gasteiger partial charge in [0, 0.05) is 0 Å². The number of hydrogen-bond donors (Lipinski definition) is 4. The second-order valence-corrected chi connectivity index (χ2v) is 8.96. The first-order valence-corrected chi connectivity index (χ1v) is 10.7. The Bertz CT molecular complexity index is 335. The average Bonchev–Trinajstić information content (AvgIpc) is 2.28. The molecule has 0 aliphatic rings. The van der Waals surface area contributed by atoms with Crippen LogP contribution in [0, 0.1) is 0 Å². The summed E-state index contributed by atoms with van der Waals surface area (Å²) in [5, 5.41) is 0. The van der Waals surface area contributed by atoms with Crippen molar-refractivity contribution in [3.63, 3.8) is 0 Å². The summed E-state index contributed by atoms with van der Waals surface area (Å²) in [6, 6.07) is 0. The van der Waals surface area contributed by atoms with Gasteiger partial charge in [-0.05, 0) is 6.42 Å². The minimum absolute atomic E-state index is 0.171. The van der Waals surface area contributed by atoms with Crippen molar-refractivity contribution in [1.82, 2.24) is 0 Å². The van der Waals surface area contributed by atoms with Gasteiger partial charge in [0.05, 0.1) is 11.8 Å². The topological polar surface area (TPSA) is 115 Å². The molecule has 0 amide bonds. The lowest BCUT2D eigenvalue weighted by atomic mass is 10.1. The van der Waals surface area contributed by atoms with Crippen molar-refractivity contribution in [3.05, 3.63) is 0 Å². The van der Waals surface area contributed by atoms with Gasteiger partial charge in [0.1, 0.15) is 0 Å². The largest absolute Gasteiger partial charge is 0.329 e. The molecule has 0 saturated heterocycles. The molecule has 0 radical (unpaired) electrons. The molecule has 0 saturated carbocycles. The summed E-state index contributed by atoms with van der Waals surface area (Å²) in [6.45, 7) is 2.16. The van der Waals surface area contributed by atoms with E-state index in [4.69, 9.17) is 19.6 Å². The third kappa shape index (κ3) is 12.1. The summed E-state index contributed by atoms with van der Waals surface area (Å²) in [5.41, 5.74) is -1.22. The highest BCUT2D eigenvalue weighted by Gasteiger charge is 2.34. The predicted octanol–water partition coefficient (Wildman–Crippen LogP) is 3.24. The fourth-order valence-electron chi connectivity index (χ4n) is 2.15. The molecule has 4 N–H and O–H groups in total. The zero-order valence-electron chi connectivity index (χ0n) is 12.1. The van der Waals surface area contributed by atoms with Gasteiger partial charge >= 0.3 is 15.2 Å². The van der Waals surface area contributed by atoms with Crippen molar-refractivity contribution < 1.29 is 28.7 Å². The van der Waals surface area contributed by atoms with Crippen molar-refractivity contribution in [2.24, 2.45) is 0 Å². The fourth-order valence-corrected chi connectivity index (χ4v) is 4.89. The highest BCUT2D eigenvalue weighted by molar-refractivity contribution is 7.56. The molecule has 0 spiro atoms. The molecule has 0 aromatic carbocycles. The maximum atomic E-state index is 11.2. The highest BCUT2D eigenvalue weighted by Crippen LogP contribution is 2.50. The molecular weight excluding hydrogens is 302 g/mol. The zero-order chi connectivity index (χ0) is 15.6. The molecule has 1 atom stereocenters. The van der Waals surface area contributed by atoms with Crippen LogP contribution in [-0.2, 0) is 9.13 Å².